The molecule has 1 unspecified atom stereocenters. The van der Waals surface area contributed by atoms with E-state index in [1.807, 2.05) is 39.2 Å². The van der Waals surface area contributed by atoms with Crippen molar-refractivity contribution in [3.8, 4) is 11.1 Å². The predicted octanol–water partition coefficient (Wildman–Crippen LogP) is 9.87. The Labute approximate surface area is 289 Å². The number of hydrogen-bond donors (Lipinski definition) is 0. The molecule has 47 heavy (non-hydrogen) atoms. The Balaban J connectivity index is 1.50. The second-order valence-corrected chi connectivity index (χ2v) is 13.7. The quantitative estimate of drug-likeness (QED) is 0.0873. The van der Waals surface area contributed by atoms with Crippen LogP contribution in [0.25, 0.3) is 11.1 Å². The summed E-state index contributed by atoms with van der Waals surface area (Å²) in [5.41, 5.74) is 6.44. The Bertz CT molecular complexity index is 1610. The highest BCUT2D eigenvalue weighted by molar-refractivity contribution is 7.99. The lowest BCUT2D eigenvalue weighted by Crippen LogP contribution is -2.31. The van der Waals surface area contributed by atoms with Crippen LogP contribution in [-0.2, 0) is 16.1 Å². The minimum Gasteiger partial charge on any atom is -0.465 e. The zero-order chi connectivity index (χ0) is 33.8. The number of aromatic nitrogens is 1. The van der Waals surface area contributed by atoms with Crippen LogP contribution in [0.1, 0.15) is 67.4 Å². The summed E-state index contributed by atoms with van der Waals surface area (Å²) in [7, 11) is 4.06. The van der Waals surface area contributed by atoms with Gasteiger partial charge in [-0.25, -0.2) is 0 Å². The zero-order valence-corrected chi connectivity index (χ0v) is 29.7. The van der Waals surface area contributed by atoms with E-state index in [1.165, 1.54) is 11.8 Å². The molecule has 6 nitrogen and oxygen atoms in total. The molecule has 4 rings (SSSR count). The standard InChI is InChI=1S/C39H46ClN3O3S/c1-6-8-9-29(7-2)27-46-38(44)19-21-47-36-23-33(40)22-35(24-36)43(39(45)37-18-20-41-25-28(37)3)26-30-10-12-31(13-11-30)32-14-16-34(17-15-32)42(4)5/h10-18,20,22-25,29H,6-9,19,21,26-27H2,1-5H3. The van der Waals surface area contributed by atoms with Crippen LogP contribution in [-0.4, -0.2) is 43.3 Å². The van der Waals surface area contributed by atoms with E-state index < -0.39 is 0 Å². The van der Waals surface area contributed by atoms with Crippen molar-refractivity contribution in [2.75, 3.05) is 36.3 Å². The molecule has 1 amide bonds. The lowest BCUT2D eigenvalue weighted by atomic mass is 10.0. The highest BCUT2D eigenvalue weighted by Crippen LogP contribution is 2.32. The topological polar surface area (TPSA) is 62.7 Å². The zero-order valence-electron chi connectivity index (χ0n) is 28.2. The van der Waals surface area contributed by atoms with Crippen LogP contribution in [0, 0.1) is 12.8 Å². The van der Waals surface area contributed by atoms with E-state index >= 15 is 0 Å². The Morgan fingerprint density at radius 3 is 2.28 bits per heavy atom. The average Bonchev–Trinajstić information content (AvgIpc) is 3.07. The van der Waals surface area contributed by atoms with Crippen molar-refractivity contribution < 1.29 is 14.3 Å². The fourth-order valence-corrected chi connectivity index (χ4v) is 6.51. The van der Waals surface area contributed by atoms with E-state index in [1.54, 1.807) is 23.4 Å². The Morgan fingerprint density at radius 1 is 0.936 bits per heavy atom. The van der Waals surface area contributed by atoms with E-state index in [9.17, 15) is 9.59 Å². The van der Waals surface area contributed by atoms with E-state index in [4.69, 9.17) is 16.3 Å². The van der Waals surface area contributed by atoms with Gasteiger partial charge in [0.2, 0.25) is 0 Å². The van der Waals surface area contributed by atoms with Crippen LogP contribution in [0.3, 0.4) is 0 Å². The molecule has 0 saturated heterocycles. The molecule has 0 aliphatic carbocycles. The molecule has 0 spiro atoms. The second-order valence-electron chi connectivity index (χ2n) is 12.1. The first-order valence-electron chi connectivity index (χ1n) is 16.4. The molecular formula is C39H46ClN3O3S. The maximum Gasteiger partial charge on any atom is 0.306 e. The fraction of sp³-hybridized carbons (Fsp3) is 0.359. The number of benzene rings is 3. The minimum atomic E-state index is -0.184. The number of esters is 1. The number of anilines is 2. The predicted molar refractivity (Wildman–Crippen MR) is 197 cm³/mol. The van der Waals surface area contributed by atoms with E-state index in [0.29, 0.717) is 47.5 Å². The van der Waals surface area contributed by atoms with Crippen molar-refractivity contribution in [3.05, 3.63) is 107 Å². The van der Waals surface area contributed by atoms with Gasteiger partial charge in [-0.05, 0) is 77.9 Å². The lowest BCUT2D eigenvalue weighted by Gasteiger charge is -2.25. The number of carbonyl (C=O) groups excluding carboxylic acids is 2. The molecule has 0 aliphatic rings. The number of halogens is 1. The molecule has 0 fully saturated rings. The van der Waals surface area contributed by atoms with Crippen molar-refractivity contribution in [2.24, 2.45) is 5.92 Å². The first kappa shape index (κ1) is 36.0. The highest BCUT2D eigenvalue weighted by Gasteiger charge is 2.21. The Hall–Kier alpha value is -3.81. The second kappa shape index (κ2) is 17.9. The van der Waals surface area contributed by atoms with Gasteiger partial charge in [-0.3, -0.25) is 14.6 Å². The maximum atomic E-state index is 14.1. The van der Waals surface area contributed by atoms with Gasteiger partial charge in [-0.2, -0.15) is 0 Å². The molecule has 1 atom stereocenters. The summed E-state index contributed by atoms with van der Waals surface area (Å²) >= 11 is 8.16. The number of aryl methyl sites for hydroxylation is 1. The van der Waals surface area contributed by atoms with Crippen LogP contribution in [0.15, 0.2) is 90.1 Å². The smallest absolute Gasteiger partial charge is 0.306 e. The third kappa shape index (κ3) is 10.6. The van der Waals surface area contributed by atoms with Gasteiger partial charge in [0.05, 0.1) is 19.6 Å². The number of thioether (sulfide) groups is 1. The number of nitrogens with zero attached hydrogens (tertiary/aromatic N) is 3. The maximum absolute atomic E-state index is 14.1. The largest absolute Gasteiger partial charge is 0.465 e. The van der Waals surface area contributed by atoms with Crippen LogP contribution in [0.2, 0.25) is 5.02 Å². The Kier molecular flexibility index (Phi) is 13.7. The van der Waals surface area contributed by atoms with Gasteiger partial charge in [0, 0.05) is 59.1 Å². The molecule has 8 heteroatoms. The lowest BCUT2D eigenvalue weighted by molar-refractivity contribution is -0.144. The van der Waals surface area contributed by atoms with Gasteiger partial charge < -0.3 is 14.5 Å². The molecule has 0 N–H and O–H groups in total. The number of pyridine rings is 1. The van der Waals surface area contributed by atoms with Crippen molar-refractivity contribution in [1.82, 2.24) is 4.98 Å². The monoisotopic (exact) mass is 671 g/mol. The summed E-state index contributed by atoms with van der Waals surface area (Å²) in [6, 6.07) is 24.2. The number of ether oxygens (including phenoxy) is 1. The molecule has 248 valence electrons. The minimum absolute atomic E-state index is 0.136. The van der Waals surface area contributed by atoms with Crippen LogP contribution in [0.4, 0.5) is 11.4 Å². The van der Waals surface area contributed by atoms with Crippen molar-refractivity contribution in [3.63, 3.8) is 0 Å². The van der Waals surface area contributed by atoms with Crippen molar-refractivity contribution >= 4 is 46.6 Å². The molecule has 4 aromatic rings. The van der Waals surface area contributed by atoms with Crippen LogP contribution in [0.5, 0.6) is 0 Å². The number of unbranched alkanes of at least 4 members (excludes halogenated alkanes) is 1. The third-order valence-electron chi connectivity index (χ3n) is 8.27. The van der Waals surface area contributed by atoms with E-state index in [-0.39, 0.29) is 11.9 Å². The molecule has 0 bridgehead atoms. The summed E-state index contributed by atoms with van der Waals surface area (Å²) < 4.78 is 5.59. The summed E-state index contributed by atoms with van der Waals surface area (Å²) in [6.07, 6.45) is 8.04. The van der Waals surface area contributed by atoms with Crippen LogP contribution < -0.4 is 9.80 Å². The molecule has 1 aromatic heterocycles. The highest BCUT2D eigenvalue weighted by atomic mass is 35.5. The summed E-state index contributed by atoms with van der Waals surface area (Å²) in [5.74, 6) is 0.652. The molecule has 3 aromatic carbocycles. The van der Waals surface area contributed by atoms with Crippen LogP contribution >= 0.6 is 23.4 Å². The SMILES string of the molecule is CCCCC(CC)COC(=O)CCSc1cc(Cl)cc(N(Cc2ccc(-c3ccc(N(C)C)cc3)cc2)C(=O)c2ccncc2C)c1. The molecule has 0 saturated carbocycles. The normalized spacial score (nSPS) is 11.6. The van der Waals surface area contributed by atoms with Gasteiger partial charge in [0.15, 0.2) is 0 Å². The first-order valence-corrected chi connectivity index (χ1v) is 17.7. The molecular weight excluding hydrogens is 626 g/mol. The fourth-order valence-electron chi connectivity index (χ4n) is 5.30. The van der Waals surface area contributed by atoms with E-state index in [0.717, 1.165) is 58.5 Å². The molecule has 1 heterocycles. The van der Waals surface area contributed by atoms with Gasteiger partial charge in [-0.15, -0.1) is 11.8 Å². The van der Waals surface area contributed by atoms with Crippen molar-refractivity contribution in [1.29, 1.82) is 0 Å². The number of amides is 1. The Morgan fingerprint density at radius 2 is 1.64 bits per heavy atom. The number of rotatable bonds is 16. The van der Waals surface area contributed by atoms with Gasteiger partial charge in [0.1, 0.15) is 0 Å². The molecule has 0 radical (unpaired) electrons. The van der Waals surface area contributed by atoms with Crippen molar-refractivity contribution in [2.45, 2.75) is 64.3 Å². The third-order valence-corrected chi connectivity index (χ3v) is 9.47. The van der Waals surface area contributed by atoms with Gasteiger partial charge >= 0.3 is 5.97 Å². The average molecular weight is 672 g/mol. The van der Waals surface area contributed by atoms with E-state index in [2.05, 4.69) is 72.3 Å². The molecule has 0 aliphatic heterocycles. The number of hydrogen-bond acceptors (Lipinski definition) is 6. The summed E-state index contributed by atoms with van der Waals surface area (Å²) in [5, 5.41) is 0.523. The number of carbonyl (C=O) groups is 2. The first-order chi connectivity index (χ1) is 22.7. The summed E-state index contributed by atoms with van der Waals surface area (Å²) in [6.45, 7) is 7.05. The summed E-state index contributed by atoms with van der Waals surface area (Å²) in [4.78, 5) is 35.5. The van der Waals surface area contributed by atoms with Gasteiger partial charge in [-0.1, -0.05) is 81.1 Å². The van der Waals surface area contributed by atoms with Gasteiger partial charge in [0.25, 0.3) is 5.91 Å².